The maximum Gasteiger partial charge on any atom is 0.253 e. The highest BCUT2D eigenvalue weighted by atomic mass is 35.5. The molecule has 18 heavy (non-hydrogen) atoms. The van der Waals surface area contributed by atoms with E-state index in [9.17, 15) is 9.18 Å². The quantitative estimate of drug-likeness (QED) is 0.379. The van der Waals surface area contributed by atoms with E-state index in [0.717, 1.165) is 6.07 Å². The molecule has 0 aromatic heterocycles. The van der Waals surface area contributed by atoms with Crippen LogP contribution in [0.3, 0.4) is 0 Å². The Balaban J connectivity index is 2.71. The lowest BCUT2D eigenvalue weighted by molar-refractivity contribution is 0.0798. The van der Waals surface area contributed by atoms with Crippen molar-refractivity contribution in [2.24, 2.45) is 10.9 Å². The second-order valence-electron chi connectivity index (χ2n) is 3.70. The molecule has 0 bridgehead atoms. The molecule has 0 aliphatic heterocycles. The Morgan fingerprint density at radius 1 is 1.61 bits per heavy atom. The molecule has 1 rings (SSSR count). The first-order valence-corrected chi connectivity index (χ1v) is 5.50. The van der Waals surface area contributed by atoms with Crippen LogP contribution in [0.15, 0.2) is 23.4 Å². The number of hydrogen-bond acceptors (Lipinski definition) is 3. The molecule has 0 heterocycles. The molecule has 0 aliphatic carbocycles. The molecule has 0 aliphatic rings. The van der Waals surface area contributed by atoms with Crippen molar-refractivity contribution < 1.29 is 14.4 Å². The van der Waals surface area contributed by atoms with Crippen LogP contribution in [-0.2, 0) is 0 Å². The number of oxime groups is 1. The van der Waals surface area contributed by atoms with Gasteiger partial charge in [-0.1, -0.05) is 16.8 Å². The average Bonchev–Trinajstić information content (AvgIpc) is 2.37. The summed E-state index contributed by atoms with van der Waals surface area (Å²) in [5.41, 5.74) is 5.48. The molecule has 0 atom stereocenters. The number of nitrogens with two attached hydrogens (primary N) is 1. The molecule has 98 valence electrons. The first-order valence-electron chi connectivity index (χ1n) is 5.12. The first kappa shape index (κ1) is 14.2. The van der Waals surface area contributed by atoms with E-state index in [1.165, 1.54) is 17.0 Å². The molecule has 0 saturated carbocycles. The van der Waals surface area contributed by atoms with Gasteiger partial charge < -0.3 is 15.8 Å². The maximum absolute atomic E-state index is 13.2. The fourth-order valence-corrected chi connectivity index (χ4v) is 1.40. The smallest absolute Gasteiger partial charge is 0.253 e. The standard InChI is InChI=1S/C11H13ClFN3O2/c1-16(5-4-10(14)15-18)11(17)7-2-3-8(12)9(13)6-7/h2-3,6,18H,4-5H2,1H3,(H2,14,15). The van der Waals surface area contributed by atoms with Crippen LogP contribution >= 0.6 is 11.6 Å². The van der Waals surface area contributed by atoms with E-state index >= 15 is 0 Å². The number of carbonyl (C=O) groups is 1. The minimum atomic E-state index is -0.646. The minimum Gasteiger partial charge on any atom is -0.409 e. The lowest BCUT2D eigenvalue weighted by atomic mass is 10.2. The highest BCUT2D eigenvalue weighted by molar-refractivity contribution is 6.30. The van der Waals surface area contributed by atoms with E-state index in [1.54, 1.807) is 7.05 Å². The highest BCUT2D eigenvalue weighted by Crippen LogP contribution is 2.16. The fourth-order valence-electron chi connectivity index (χ4n) is 1.28. The predicted molar refractivity (Wildman–Crippen MR) is 66.4 cm³/mol. The molecule has 1 amide bonds. The van der Waals surface area contributed by atoms with Crippen LogP contribution in [0.4, 0.5) is 4.39 Å². The second-order valence-corrected chi connectivity index (χ2v) is 4.10. The van der Waals surface area contributed by atoms with Crippen molar-refractivity contribution in [1.82, 2.24) is 4.90 Å². The Labute approximate surface area is 109 Å². The first-order chi connectivity index (χ1) is 8.45. The van der Waals surface area contributed by atoms with Gasteiger partial charge >= 0.3 is 0 Å². The molecule has 0 unspecified atom stereocenters. The largest absolute Gasteiger partial charge is 0.409 e. The third-order valence-corrected chi connectivity index (χ3v) is 2.65. The van der Waals surface area contributed by atoms with Crippen molar-refractivity contribution in [2.75, 3.05) is 13.6 Å². The van der Waals surface area contributed by atoms with Gasteiger partial charge in [0.2, 0.25) is 0 Å². The third-order valence-electron chi connectivity index (χ3n) is 2.35. The van der Waals surface area contributed by atoms with Crippen molar-refractivity contribution in [1.29, 1.82) is 0 Å². The lowest BCUT2D eigenvalue weighted by Crippen LogP contribution is -2.30. The Morgan fingerprint density at radius 3 is 2.83 bits per heavy atom. The van der Waals surface area contributed by atoms with Gasteiger partial charge in [0.25, 0.3) is 5.91 Å². The topological polar surface area (TPSA) is 78.9 Å². The molecule has 1 aromatic carbocycles. The van der Waals surface area contributed by atoms with E-state index in [1.807, 2.05) is 0 Å². The summed E-state index contributed by atoms with van der Waals surface area (Å²) in [5, 5.41) is 11.1. The monoisotopic (exact) mass is 273 g/mol. The van der Waals surface area contributed by atoms with Crippen LogP contribution in [0.25, 0.3) is 0 Å². The summed E-state index contributed by atoms with van der Waals surface area (Å²) in [4.78, 5) is 13.2. The maximum atomic E-state index is 13.2. The summed E-state index contributed by atoms with van der Waals surface area (Å²) in [6, 6.07) is 3.83. The zero-order valence-electron chi connectivity index (χ0n) is 9.73. The SMILES string of the molecule is CN(CC/C(N)=N/O)C(=O)c1ccc(Cl)c(F)c1. The number of amidine groups is 1. The van der Waals surface area contributed by atoms with Gasteiger partial charge in [-0.3, -0.25) is 4.79 Å². The zero-order chi connectivity index (χ0) is 13.7. The Hall–Kier alpha value is -1.82. The van der Waals surface area contributed by atoms with Gasteiger partial charge in [-0.15, -0.1) is 0 Å². The summed E-state index contributed by atoms with van der Waals surface area (Å²) in [7, 11) is 1.54. The van der Waals surface area contributed by atoms with Gasteiger partial charge in [0, 0.05) is 25.6 Å². The molecule has 1 aromatic rings. The van der Waals surface area contributed by atoms with Crippen LogP contribution in [0.2, 0.25) is 5.02 Å². The van der Waals surface area contributed by atoms with E-state index in [4.69, 9.17) is 22.5 Å². The van der Waals surface area contributed by atoms with Gasteiger partial charge in [-0.05, 0) is 18.2 Å². The van der Waals surface area contributed by atoms with Crippen LogP contribution in [0.1, 0.15) is 16.8 Å². The van der Waals surface area contributed by atoms with Crippen LogP contribution < -0.4 is 5.73 Å². The molecule has 0 radical (unpaired) electrons. The van der Waals surface area contributed by atoms with Crippen molar-refractivity contribution in [3.63, 3.8) is 0 Å². The summed E-state index contributed by atoms with van der Waals surface area (Å²) in [5.74, 6) is -0.986. The van der Waals surface area contributed by atoms with Crippen molar-refractivity contribution >= 4 is 23.3 Å². The fraction of sp³-hybridized carbons (Fsp3) is 0.273. The van der Waals surface area contributed by atoms with Crippen molar-refractivity contribution in [3.8, 4) is 0 Å². The van der Waals surface area contributed by atoms with Crippen LogP contribution in [0, 0.1) is 5.82 Å². The van der Waals surface area contributed by atoms with Gasteiger partial charge in [0.15, 0.2) is 0 Å². The van der Waals surface area contributed by atoms with E-state index in [-0.39, 0.29) is 35.3 Å². The van der Waals surface area contributed by atoms with Crippen molar-refractivity contribution in [3.05, 3.63) is 34.6 Å². The molecule has 0 spiro atoms. The van der Waals surface area contributed by atoms with Gasteiger partial charge in [-0.25, -0.2) is 4.39 Å². The Bertz CT molecular complexity index is 479. The number of benzene rings is 1. The molecule has 0 fully saturated rings. The molecule has 0 saturated heterocycles. The zero-order valence-corrected chi connectivity index (χ0v) is 10.5. The summed E-state index contributed by atoms with van der Waals surface area (Å²) in [6.45, 7) is 0.263. The van der Waals surface area contributed by atoms with E-state index in [2.05, 4.69) is 5.16 Å². The van der Waals surface area contributed by atoms with E-state index < -0.39 is 5.82 Å². The van der Waals surface area contributed by atoms with Gasteiger partial charge in [-0.2, -0.15) is 0 Å². The molecule has 3 N–H and O–H groups in total. The van der Waals surface area contributed by atoms with Gasteiger partial charge in [0.05, 0.1) is 5.02 Å². The van der Waals surface area contributed by atoms with E-state index in [0.29, 0.717) is 0 Å². The van der Waals surface area contributed by atoms with Gasteiger partial charge in [0.1, 0.15) is 11.7 Å². The Kier molecular flexibility index (Phi) is 4.91. The number of carbonyl (C=O) groups excluding carboxylic acids is 1. The normalized spacial score (nSPS) is 11.4. The minimum absolute atomic E-state index is 0.0249. The number of halogens is 2. The number of nitrogens with zero attached hydrogens (tertiary/aromatic N) is 2. The molecular formula is C11H13ClFN3O2. The number of amides is 1. The summed E-state index contributed by atoms with van der Waals surface area (Å²) < 4.78 is 13.2. The molecule has 7 heteroatoms. The lowest BCUT2D eigenvalue weighted by Gasteiger charge is -2.16. The number of hydrogen-bond donors (Lipinski definition) is 2. The highest BCUT2D eigenvalue weighted by Gasteiger charge is 2.13. The third kappa shape index (κ3) is 3.59. The summed E-state index contributed by atoms with van der Waals surface area (Å²) >= 11 is 5.53. The van der Waals surface area contributed by atoms with Crippen LogP contribution in [-0.4, -0.2) is 35.4 Å². The molecular weight excluding hydrogens is 261 g/mol. The van der Waals surface area contributed by atoms with Crippen molar-refractivity contribution in [2.45, 2.75) is 6.42 Å². The number of rotatable bonds is 4. The second kappa shape index (κ2) is 6.20. The summed E-state index contributed by atoms with van der Waals surface area (Å²) in [6.07, 6.45) is 0.231. The molecule has 5 nitrogen and oxygen atoms in total. The van der Waals surface area contributed by atoms with Crippen LogP contribution in [0.5, 0.6) is 0 Å². The Morgan fingerprint density at radius 2 is 2.28 bits per heavy atom. The average molecular weight is 274 g/mol. The predicted octanol–water partition coefficient (Wildman–Crippen LogP) is 1.69.